The standard InChI is InChI=1S/C18H25NO4S/c1-12-7-13(2)10-19(9-12)17(20)11-23-18(21)15-6-5-14(24-4)8-16(15)22-3/h5-6,8,12-13H,7,9-11H2,1-4H3. The zero-order valence-electron chi connectivity index (χ0n) is 14.7. The third-order valence-corrected chi connectivity index (χ3v) is 4.90. The molecule has 1 aliphatic rings. The molecule has 2 unspecified atom stereocenters. The lowest BCUT2D eigenvalue weighted by Gasteiger charge is -2.34. The molecule has 0 aromatic heterocycles. The quantitative estimate of drug-likeness (QED) is 0.603. The van der Waals surface area contributed by atoms with E-state index in [4.69, 9.17) is 9.47 Å². The molecule has 1 aromatic carbocycles. The zero-order valence-corrected chi connectivity index (χ0v) is 15.5. The molecule has 0 spiro atoms. The Morgan fingerprint density at radius 1 is 1.25 bits per heavy atom. The summed E-state index contributed by atoms with van der Waals surface area (Å²) < 4.78 is 10.5. The van der Waals surface area contributed by atoms with E-state index in [1.807, 2.05) is 12.3 Å². The molecule has 132 valence electrons. The number of thioether (sulfide) groups is 1. The fraction of sp³-hybridized carbons (Fsp3) is 0.556. The van der Waals surface area contributed by atoms with Crippen molar-refractivity contribution < 1.29 is 19.1 Å². The summed E-state index contributed by atoms with van der Waals surface area (Å²) in [6.07, 6.45) is 3.08. The Kier molecular flexibility index (Phi) is 6.54. The van der Waals surface area contributed by atoms with Gasteiger partial charge in [0.2, 0.25) is 0 Å². The van der Waals surface area contributed by atoms with Crippen LogP contribution in [-0.2, 0) is 9.53 Å². The minimum atomic E-state index is -0.536. The average Bonchev–Trinajstić information content (AvgIpc) is 2.57. The highest BCUT2D eigenvalue weighted by molar-refractivity contribution is 7.98. The van der Waals surface area contributed by atoms with E-state index in [-0.39, 0.29) is 12.5 Å². The van der Waals surface area contributed by atoms with Gasteiger partial charge in [0, 0.05) is 18.0 Å². The molecule has 0 aliphatic carbocycles. The van der Waals surface area contributed by atoms with Crippen molar-refractivity contribution in [3.63, 3.8) is 0 Å². The second-order valence-corrected chi connectivity index (χ2v) is 7.27. The maximum absolute atomic E-state index is 12.3. The molecule has 0 N–H and O–H groups in total. The van der Waals surface area contributed by atoms with Crippen LogP contribution in [0.4, 0.5) is 0 Å². The Labute approximate surface area is 147 Å². The van der Waals surface area contributed by atoms with Crippen LogP contribution in [0.25, 0.3) is 0 Å². The number of nitrogens with zero attached hydrogens (tertiary/aromatic N) is 1. The molecular formula is C18H25NO4S. The van der Waals surface area contributed by atoms with Crippen LogP contribution in [0.2, 0.25) is 0 Å². The van der Waals surface area contributed by atoms with Crippen LogP contribution in [-0.4, -0.2) is 49.8 Å². The second-order valence-electron chi connectivity index (χ2n) is 6.39. The fourth-order valence-electron chi connectivity index (χ4n) is 3.13. The molecule has 2 atom stereocenters. The van der Waals surface area contributed by atoms with Gasteiger partial charge in [-0.2, -0.15) is 0 Å². The number of hydrogen-bond donors (Lipinski definition) is 0. The van der Waals surface area contributed by atoms with E-state index in [9.17, 15) is 9.59 Å². The topological polar surface area (TPSA) is 55.8 Å². The van der Waals surface area contributed by atoms with Crippen molar-refractivity contribution in [1.82, 2.24) is 4.90 Å². The number of carbonyl (C=O) groups excluding carboxylic acids is 2. The summed E-state index contributed by atoms with van der Waals surface area (Å²) in [6, 6.07) is 5.29. The average molecular weight is 351 g/mol. The lowest BCUT2D eigenvalue weighted by atomic mass is 9.92. The fourth-order valence-corrected chi connectivity index (χ4v) is 3.56. The van der Waals surface area contributed by atoms with Crippen LogP contribution < -0.4 is 4.74 Å². The number of amides is 1. The predicted octanol–water partition coefficient (Wildman–Crippen LogP) is 3.08. The van der Waals surface area contributed by atoms with Crippen LogP contribution in [0.5, 0.6) is 5.75 Å². The third-order valence-electron chi connectivity index (χ3n) is 4.18. The summed E-state index contributed by atoms with van der Waals surface area (Å²) in [7, 11) is 1.51. The van der Waals surface area contributed by atoms with Crippen molar-refractivity contribution in [2.45, 2.75) is 25.2 Å². The summed E-state index contributed by atoms with van der Waals surface area (Å²) in [5, 5.41) is 0. The SMILES string of the molecule is COc1cc(SC)ccc1C(=O)OCC(=O)N1CC(C)CC(C)C1. The number of carbonyl (C=O) groups is 2. The van der Waals surface area contributed by atoms with Crippen molar-refractivity contribution in [3.05, 3.63) is 23.8 Å². The largest absolute Gasteiger partial charge is 0.496 e. The Hall–Kier alpha value is -1.69. The van der Waals surface area contributed by atoms with Crippen LogP contribution in [0, 0.1) is 11.8 Å². The Balaban J connectivity index is 1.96. The zero-order chi connectivity index (χ0) is 17.7. The van der Waals surface area contributed by atoms with Gasteiger partial charge in [-0.1, -0.05) is 13.8 Å². The predicted molar refractivity (Wildman–Crippen MR) is 94.6 cm³/mol. The van der Waals surface area contributed by atoms with Crippen LogP contribution >= 0.6 is 11.8 Å². The van der Waals surface area contributed by atoms with Crippen LogP contribution in [0.1, 0.15) is 30.6 Å². The number of rotatable bonds is 5. The van der Waals surface area contributed by atoms with E-state index in [0.29, 0.717) is 23.1 Å². The van der Waals surface area contributed by atoms with Crippen molar-refractivity contribution in [1.29, 1.82) is 0 Å². The van der Waals surface area contributed by atoms with Gasteiger partial charge < -0.3 is 14.4 Å². The molecule has 0 saturated carbocycles. The molecule has 6 heteroatoms. The molecule has 1 amide bonds. The first kappa shape index (κ1) is 18.6. The van der Waals surface area contributed by atoms with E-state index >= 15 is 0 Å². The van der Waals surface area contributed by atoms with E-state index in [2.05, 4.69) is 13.8 Å². The first-order valence-corrected chi connectivity index (χ1v) is 9.34. The van der Waals surface area contributed by atoms with Gasteiger partial charge >= 0.3 is 5.97 Å². The molecular weight excluding hydrogens is 326 g/mol. The molecule has 1 saturated heterocycles. The highest BCUT2D eigenvalue weighted by Gasteiger charge is 2.26. The Morgan fingerprint density at radius 3 is 2.50 bits per heavy atom. The first-order chi connectivity index (χ1) is 11.4. The van der Waals surface area contributed by atoms with Gasteiger partial charge in [0.1, 0.15) is 11.3 Å². The molecule has 1 fully saturated rings. The number of methoxy groups -OCH3 is 1. The minimum absolute atomic E-state index is 0.138. The smallest absolute Gasteiger partial charge is 0.342 e. The van der Waals surface area contributed by atoms with Gasteiger partial charge in [-0.15, -0.1) is 11.8 Å². The highest BCUT2D eigenvalue weighted by atomic mass is 32.2. The summed E-state index contributed by atoms with van der Waals surface area (Å²) in [5.41, 5.74) is 0.337. The van der Waals surface area contributed by atoms with Gasteiger partial charge in [-0.25, -0.2) is 4.79 Å². The van der Waals surface area contributed by atoms with Crippen molar-refractivity contribution in [2.24, 2.45) is 11.8 Å². The normalized spacial score (nSPS) is 20.6. The first-order valence-electron chi connectivity index (χ1n) is 8.11. The summed E-state index contributed by atoms with van der Waals surface area (Å²) >= 11 is 1.56. The Bertz CT molecular complexity index is 595. The van der Waals surface area contributed by atoms with Gasteiger partial charge in [-0.05, 0) is 42.7 Å². The molecule has 0 bridgehead atoms. The van der Waals surface area contributed by atoms with Crippen molar-refractivity contribution in [3.8, 4) is 5.75 Å². The maximum Gasteiger partial charge on any atom is 0.342 e. The van der Waals surface area contributed by atoms with Gasteiger partial charge in [0.15, 0.2) is 6.61 Å². The number of likely N-dealkylation sites (tertiary alicyclic amines) is 1. The van der Waals surface area contributed by atoms with Crippen LogP contribution in [0.3, 0.4) is 0 Å². The minimum Gasteiger partial charge on any atom is -0.496 e. The number of piperidine rings is 1. The Morgan fingerprint density at radius 2 is 1.92 bits per heavy atom. The lowest BCUT2D eigenvalue weighted by molar-refractivity contribution is -0.137. The van der Waals surface area contributed by atoms with E-state index in [1.165, 1.54) is 7.11 Å². The van der Waals surface area contributed by atoms with Gasteiger partial charge in [-0.3, -0.25) is 4.79 Å². The summed E-state index contributed by atoms with van der Waals surface area (Å²) in [6.45, 7) is 5.50. The monoisotopic (exact) mass is 351 g/mol. The second kappa shape index (κ2) is 8.42. The van der Waals surface area contributed by atoms with Crippen LogP contribution in [0.15, 0.2) is 23.1 Å². The molecule has 5 nitrogen and oxygen atoms in total. The number of esters is 1. The molecule has 0 radical (unpaired) electrons. The van der Waals surface area contributed by atoms with E-state index < -0.39 is 5.97 Å². The number of ether oxygens (including phenoxy) is 2. The van der Waals surface area contributed by atoms with Gasteiger partial charge in [0.05, 0.1) is 7.11 Å². The third kappa shape index (κ3) is 4.66. The molecule has 1 aromatic rings. The number of hydrogen-bond acceptors (Lipinski definition) is 5. The summed E-state index contributed by atoms with van der Waals surface area (Å²) in [5.74, 6) is 0.743. The van der Waals surface area contributed by atoms with Gasteiger partial charge in [0.25, 0.3) is 5.91 Å². The molecule has 2 rings (SSSR count). The number of benzene rings is 1. The van der Waals surface area contributed by atoms with E-state index in [0.717, 1.165) is 24.4 Å². The maximum atomic E-state index is 12.3. The molecule has 1 heterocycles. The highest BCUT2D eigenvalue weighted by Crippen LogP contribution is 2.26. The molecule has 1 aliphatic heterocycles. The van der Waals surface area contributed by atoms with E-state index in [1.54, 1.807) is 28.8 Å². The van der Waals surface area contributed by atoms with Crippen molar-refractivity contribution in [2.75, 3.05) is 33.1 Å². The molecule has 24 heavy (non-hydrogen) atoms. The summed E-state index contributed by atoms with van der Waals surface area (Å²) in [4.78, 5) is 27.3. The van der Waals surface area contributed by atoms with Crippen molar-refractivity contribution >= 4 is 23.6 Å². The lowest BCUT2D eigenvalue weighted by Crippen LogP contribution is -2.44.